The van der Waals surface area contributed by atoms with E-state index in [4.69, 9.17) is 26.8 Å². The number of aryl methyl sites for hydroxylation is 1. The molecule has 1 fully saturated rings. The van der Waals surface area contributed by atoms with Gasteiger partial charge >= 0.3 is 0 Å². The molecule has 0 aliphatic carbocycles. The quantitative estimate of drug-likeness (QED) is 0.215. The maximum Gasteiger partial charge on any atom is 0.262 e. The van der Waals surface area contributed by atoms with Crippen molar-refractivity contribution in [2.45, 2.75) is 38.9 Å². The van der Waals surface area contributed by atoms with E-state index in [0.29, 0.717) is 21.4 Å². The van der Waals surface area contributed by atoms with Crippen LogP contribution in [0.25, 0.3) is 27.2 Å². The molecule has 8 nitrogen and oxygen atoms in total. The summed E-state index contributed by atoms with van der Waals surface area (Å²) in [5.41, 5.74) is 11.3. The van der Waals surface area contributed by atoms with Crippen molar-refractivity contribution in [1.82, 2.24) is 19.9 Å². The van der Waals surface area contributed by atoms with Crippen LogP contribution >= 0.6 is 22.9 Å². The largest absolute Gasteiger partial charge is 0.489 e. The zero-order valence-corrected chi connectivity index (χ0v) is 24.3. The number of amides is 1. The maximum absolute atomic E-state index is 12.4. The zero-order valence-electron chi connectivity index (χ0n) is 22.8. The Kier molecular flexibility index (Phi) is 7.66. The zero-order chi connectivity index (χ0) is 28.5. The van der Waals surface area contributed by atoms with E-state index < -0.39 is 12.0 Å². The molecule has 1 saturated heterocycles. The van der Waals surface area contributed by atoms with E-state index in [-0.39, 0.29) is 6.10 Å². The number of piperidine rings is 1. The summed E-state index contributed by atoms with van der Waals surface area (Å²) >= 11 is 8.04. The third kappa shape index (κ3) is 5.66. The summed E-state index contributed by atoms with van der Waals surface area (Å²) in [5.74, 6) is 0.476. The second kappa shape index (κ2) is 11.5. The fraction of sp³-hybridized carbons (Fsp3) is 0.258. The minimum Gasteiger partial charge on any atom is -0.489 e. The Morgan fingerprint density at radius 3 is 2.66 bits per heavy atom. The number of hydrogen-bond donors (Lipinski definition) is 2. The lowest BCUT2D eigenvalue weighted by atomic mass is 10.1. The number of thiophene rings is 1. The highest BCUT2D eigenvalue weighted by Gasteiger charge is 2.23. The number of rotatable bonds is 8. The molecule has 2 aromatic carbocycles. The molecule has 3 aromatic heterocycles. The minimum atomic E-state index is -0.559. The van der Waals surface area contributed by atoms with Crippen LogP contribution in [0.3, 0.4) is 0 Å². The van der Waals surface area contributed by atoms with Crippen LogP contribution in [0.1, 0.15) is 46.8 Å². The number of halogens is 1. The third-order valence-corrected chi connectivity index (χ3v) is 8.79. The second-order valence-corrected chi connectivity index (χ2v) is 11.5. The van der Waals surface area contributed by atoms with Crippen LogP contribution in [0.2, 0.25) is 5.02 Å². The lowest BCUT2D eigenvalue weighted by molar-refractivity contribution is 0.0998. The highest BCUT2D eigenvalue weighted by molar-refractivity contribution is 7.16. The van der Waals surface area contributed by atoms with Gasteiger partial charge in [-0.15, -0.1) is 11.3 Å². The number of aromatic nitrogens is 3. The van der Waals surface area contributed by atoms with Gasteiger partial charge in [0.2, 0.25) is 0 Å². The lowest BCUT2D eigenvalue weighted by Crippen LogP contribution is -2.34. The smallest absolute Gasteiger partial charge is 0.262 e. The summed E-state index contributed by atoms with van der Waals surface area (Å²) in [6, 6.07) is 17.6. The molecule has 1 atom stereocenters. The number of pyridine rings is 1. The van der Waals surface area contributed by atoms with Gasteiger partial charge < -0.3 is 20.5 Å². The SMILES string of the molecule is Cc1ccc(-c2ccc3c(c2)ncn3-c2cc(O[C@H](C)c3cccc(OC4CCNCC4)c3Cl)c(C(N)=O)s2)cn1. The first-order chi connectivity index (χ1) is 19.9. The maximum atomic E-state index is 12.4. The van der Waals surface area contributed by atoms with E-state index in [0.717, 1.165) is 64.3 Å². The molecule has 3 N–H and O–H groups in total. The van der Waals surface area contributed by atoms with Crippen molar-refractivity contribution in [2.75, 3.05) is 13.1 Å². The third-order valence-electron chi connectivity index (χ3n) is 7.25. The molecule has 0 unspecified atom stereocenters. The summed E-state index contributed by atoms with van der Waals surface area (Å²) in [6.45, 7) is 5.71. The van der Waals surface area contributed by atoms with Crippen molar-refractivity contribution in [3.63, 3.8) is 0 Å². The Morgan fingerprint density at radius 2 is 1.90 bits per heavy atom. The Balaban J connectivity index is 1.27. The first kappa shape index (κ1) is 27.3. The predicted molar refractivity (Wildman–Crippen MR) is 162 cm³/mol. The van der Waals surface area contributed by atoms with Gasteiger partial charge in [0.15, 0.2) is 0 Å². The summed E-state index contributed by atoms with van der Waals surface area (Å²) in [7, 11) is 0. The van der Waals surface area contributed by atoms with Crippen molar-refractivity contribution >= 4 is 39.9 Å². The summed E-state index contributed by atoms with van der Waals surface area (Å²) < 4.78 is 14.5. The van der Waals surface area contributed by atoms with Gasteiger partial charge in [0.25, 0.3) is 5.91 Å². The van der Waals surface area contributed by atoms with E-state index in [2.05, 4.69) is 15.3 Å². The molecule has 10 heteroatoms. The average Bonchev–Trinajstić information content (AvgIpc) is 3.59. The molecule has 5 aromatic rings. The molecule has 6 rings (SSSR count). The van der Waals surface area contributed by atoms with Gasteiger partial charge in [-0.05, 0) is 69.6 Å². The van der Waals surface area contributed by atoms with Gasteiger partial charge in [-0.2, -0.15) is 0 Å². The van der Waals surface area contributed by atoms with E-state index in [1.165, 1.54) is 11.3 Å². The number of nitrogens with two attached hydrogens (primary N) is 1. The normalized spacial score (nSPS) is 14.7. The van der Waals surface area contributed by atoms with Gasteiger partial charge in [0.05, 0.1) is 16.1 Å². The Bertz CT molecular complexity index is 1710. The highest BCUT2D eigenvalue weighted by atomic mass is 35.5. The standard InChI is InChI=1S/C31H30ClN5O3S/c1-18-6-7-21(16-35-18)20-8-9-25-24(14-20)36-17-37(25)28-15-27(30(41-28)31(33)38)39-19(2)23-4-3-5-26(29(23)32)40-22-10-12-34-13-11-22/h3-9,14-17,19,22,34H,10-13H2,1-2H3,(H2,33,38)/t19-/m1/s1. The van der Waals surface area contributed by atoms with Gasteiger partial charge in [-0.1, -0.05) is 35.9 Å². The molecular weight excluding hydrogens is 558 g/mol. The number of nitrogens with zero attached hydrogens (tertiary/aromatic N) is 3. The minimum absolute atomic E-state index is 0.121. The summed E-state index contributed by atoms with van der Waals surface area (Å²) in [5, 5.41) is 4.62. The van der Waals surface area contributed by atoms with E-state index >= 15 is 0 Å². The topological polar surface area (TPSA) is 104 Å². The van der Waals surface area contributed by atoms with Gasteiger partial charge in [0.1, 0.15) is 39.9 Å². The number of carbonyl (C=O) groups is 1. The summed E-state index contributed by atoms with van der Waals surface area (Å²) in [6.07, 6.45) is 5.13. The van der Waals surface area contributed by atoms with Crippen LogP contribution in [0.15, 0.2) is 67.1 Å². The molecule has 0 bridgehead atoms. The molecule has 0 saturated carbocycles. The van der Waals surface area contributed by atoms with Crippen molar-refractivity contribution in [3.05, 3.63) is 88.3 Å². The number of hydrogen-bond acceptors (Lipinski definition) is 7. The molecular formula is C31H30ClN5O3S. The van der Waals surface area contributed by atoms with Crippen LogP contribution < -0.4 is 20.5 Å². The van der Waals surface area contributed by atoms with Crippen molar-refractivity contribution in [3.8, 4) is 27.6 Å². The predicted octanol–water partition coefficient (Wildman–Crippen LogP) is 6.48. The monoisotopic (exact) mass is 587 g/mol. The van der Waals surface area contributed by atoms with Crippen molar-refractivity contribution < 1.29 is 14.3 Å². The van der Waals surface area contributed by atoms with E-state index in [1.54, 1.807) is 6.33 Å². The van der Waals surface area contributed by atoms with Crippen LogP contribution in [-0.4, -0.2) is 39.6 Å². The first-order valence-electron chi connectivity index (χ1n) is 13.5. The molecule has 4 heterocycles. The van der Waals surface area contributed by atoms with Crippen molar-refractivity contribution in [1.29, 1.82) is 0 Å². The number of benzene rings is 2. The lowest BCUT2D eigenvalue weighted by Gasteiger charge is -2.25. The first-order valence-corrected chi connectivity index (χ1v) is 14.7. The molecule has 0 spiro atoms. The Hall–Kier alpha value is -3.92. The molecule has 0 radical (unpaired) electrons. The number of imidazole rings is 1. The van der Waals surface area contributed by atoms with E-state index in [1.807, 2.05) is 79.2 Å². The number of fused-ring (bicyclic) bond motifs is 1. The molecule has 1 amide bonds. The van der Waals surface area contributed by atoms with Crippen LogP contribution in [0, 0.1) is 6.92 Å². The average molecular weight is 588 g/mol. The van der Waals surface area contributed by atoms with Gasteiger partial charge in [-0.3, -0.25) is 14.3 Å². The summed E-state index contributed by atoms with van der Waals surface area (Å²) in [4.78, 5) is 21.8. The molecule has 1 aliphatic heterocycles. The number of carbonyl (C=O) groups excluding carboxylic acids is 1. The van der Waals surface area contributed by atoms with Gasteiger partial charge in [-0.25, -0.2) is 4.98 Å². The number of nitrogens with one attached hydrogen (secondary N) is 1. The molecule has 1 aliphatic rings. The Morgan fingerprint density at radius 1 is 1.10 bits per heavy atom. The molecule has 210 valence electrons. The molecule has 41 heavy (non-hydrogen) atoms. The second-order valence-electron chi connectivity index (χ2n) is 10.1. The van der Waals surface area contributed by atoms with Crippen LogP contribution in [0.4, 0.5) is 0 Å². The van der Waals surface area contributed by atoms with E-state index in [9.17, 15) is 4.79 Å². The highest BCUT2D eigenvalue weighted by Crippen LogP contribution is 2.39. The number of primary amides is 1. The number of ether oxygens (including phenoxy) is 2. The van der Waals surface area contributed by atoms with Crippen LogP contribution in [0.5, 0.6) is 11.5 Å². The van der Waals surface area contributed by atoms with Crippen molar-refractivity contribution in [2.24, 2.45) is 5.73 Å². The van der Waals surface area contributed by atoms with Crippen LogP contribution in [-0.2, 0) is 0 Å². The fourth-order valence-electron chi connectivity index (χ4n) is 5.03. The Labute approximate surface area is 247 Å². The fourth-order valence-corrected chi connectivity index (χ4v) is 6.28. The van der Waals surface area contributed by atoms with Gasteiger partial charge in [0, 0.05) is 29.1 Å².